The van der Waals surface area contributed by atoms with Gasteiger partial charge in [-0.25, -0.2) is 0 Å². The Hall–Kier alpha value is -0.515. The molecule has 1 aromatic rings. The maximum atomic E-state index is 9.28. The highest BCUT2D eigenvalue weighted by atomic mass is 32.1. The van der Waals surface area contributed by atoms with Crippen LogP contribution in [0.3, 0.4) is 0 Å². The van der Waals surface area contributed by atoms with Crippen LogP contribution in [0.25, 0.3) is 0 Å². The zero-order chi connectivity index (χ0) is 11.3. The van der Waals surface area contributed by atoms with Crippen LogP contribution in [0.2, 0.25) is 0 Å². The third-order valence-electron chi connectivity index (χ3n) is 3.10. The average Bonchev–Trinajstić information content (AvgIpc) is 2.56. The molecule has 3 nitrogen and oxygen atoms in total. The molecule has 1 aliphatic rings. The number of thiophene rings is 1. The lowest BCUT2D eigenvalue weighted by Gasteiger charge is -2.32. The summed E-state index contributed by atoms with van der Waals surface area (Å²) in [4.78, 5) is 0. The van der Waals surface area contributed by atoms with E-state index in [9.17, 15) is 5.11 Å². The zero-order valence-electron chi connectivity index (χ0n) is 9.40. The van der Waals surface area contributed by atoms with E-state index in [0.29, 0.717) is 5.06 Å². The van der Waals surface area contributed by atoms with Crippen molar-refractivity contribution in [1.29, 1.82) is 0 Å². The van der Waals surface area contributed by atoms with Crippen LogP contribution >= 0.6 is 11.3 Å². The molecule has 82 valence electrons. The van der Waals surface area contributed by atoms with Gasteiger partial charge in [-0.05, 0) is 39.8 Å². The molecule has 0 unspecified atom stereocenters. The van der Waals surface area contributed by atoms with Crippen LogP contribution < -0.4 is 4.78 Å². The Balaban J connectivity index is 2.23. The maximum Gasteiger partial charge on any atom is 0.505 e. The van der Waals surface area contributed by atoms with Crippen LogP contribution in [0.5, 0.6) is 5.06 Å². The SMILES string of the molecule is CC1(C)OB(c2ccc(O)s2)OC1(C)C. The third kappa shape index (κ3) is 1.79. The second kappa shape index (κ2) is 3.24. The van der Waals surface area contributed by atoms with E-state index in [4.69, 9.17) is 9.31 Å². The van der Waals surface area contributed by atoms with E-state index >= 15 is 0 Å². The van der Waals surface area contributed by atoms with Crippen molar-refractivity contribution in [3.8, 4) is 5.06 Å². The van der Waals surface area contributed by atoms with E-state index in [0.717, 1.165) is 4.78 Å². The number of aromatic hydroxyl groups is 1. The highest BCUT2D eigenvalue weighted by molar-refractivity contribution is 7.23. The van der Waals surface area contributed by atoms with Gasteiger partial charge in [0.1, 0.15) is 0 Å². The summed E-state index contributed by atoms with van der Waals surface area (Å²) in [6, 6.07) is 3.49. The Morgan fingerprint density at radius 3 is 2.07 bits per heavy atom. The molecule has 0 atom stereocenters. The Morgan fingerprint density at radius 1 is 1.13 bits per heavy atom. The summed E-state index contributed by atoms with van der Waals surface area (Å²) in [5.41, 5.74) is -0.644. The van der Waals surface area contributed by atoms with Gasteiger partial charge in [-0.15, -0.1) is 11.3 Å². The lowest BCUT2D eigenvalue weighted by molar-refractivity contribution is 0.00578. The van der Waals surface area contributed by atoms with Gasteiger partial charge in [0.2, 0.25) is 0 Å². The molecule has 5 heteroatoms. The first-order valence-corrected chi connectivity index (χ1v) is 5.78. The van der Waals surface area contributed by atoms with Crippen molar-refractivity contribution in [3.05, 3.63) is 12.1 Å². The smallest absolute Gasteiger partial charge is 0.499 e. The summed E-state index contributed by atoms with van der Waals surface area (Å²) in [5, 5.41) is 9.57. The van der Waals surface area contributed by atoms with Gasteiger partial charge in [-0.2, -0.15) is 0 Å². The predicted molar refractivity (Wildman–Crippen MR) is 61.7 cm³/mol. The van der Waals surface area contributed by atoms with Gasteiger partial charge in [-0.3, -0.25) is 0 Å². The van der Waals surface area contributed by atoms with Crippen molar-refractivity contribution in [2.75, 3.05) is 0 Å². The summed E-state index contributed by atoms with van der Waals surface area (Å²) in [6.45, 7) is 8.06. The molecule has 15 heavy (non-hydrogen) atoms. The summed E-state index contributed by atoms with van der Waals surface area (Å²) >= 11 is 1.29. The molecule has 0 radical (unpaired) electrons. The Bertz CT molecular complexity index is 356. The van der Waals surface area contributed by atoms with Crippen LogP contribution in [0.15, 0.2) is 12.1 Å². The lowest BCUT2D eigenvalue weighted by Crippen LogP contribution is -2.41. The molecule has 2 heterocycles. The average molecular weight is 226 g/mol. The minimum absolute atomic E-state index is 0.291. The largest absolute Gasteiger partial charge is 0.505 e. The van der Waals surface area contributed by atoms with E-state index in [1.165, 1.54) is 11.3 Å². The van der Waals surface area contributed by atoms with Crippen LogP contribution in [0.1, 0.15) is 27.7 Å². The lowest BCUT2D eigenvalue weighted by atomic mass is 9.88. The summed E-state index contributed by atoms with van der Waals surface area (Å²) in [7, 11) is -0.360. The molecule has 0 amide bonds. The van der Waals surface area contributed by atoms with Gasteiger partial charge in [0, 0.05) is 4.78 Å². The molecule has 2 rings (SSSR count). The molecule has 1 aliphatic heterocycles. The normalized spacial score (nSPS) is 23.3. The third-order valence-corrected chi connectivity index (χ3v) is 4.01. The fourth-order valence-corrected chi connectivity index (χ4v) is 2.13. The van der Waals surface area contributed by atoms with Gasteiger partial charge in [0.05, 0.1) is 11.2 Å². The standard InChI is InChI=1S/C10H15BO3S/c1-9(2)10(3,4)14-11(13-9)7-5-6-8(12)15-7/h5-6,12H,1-4H3. The Kier molecular flexibility index (Phi) is 2.37. The van der Waals surface area contributed by atoms with Gasteiger partial charge >= 0.3 is 7.12 Å². The van der Waals surface area contributed by atoms with Crippen LogP contribution in [-0.4, -0.2) is 23.4 Å². The molecule has 0 aromatic carbocycles. The zero-order valence-corrected chi connectivity index (χ0v) is 10.2. The maximum absolute atomic E-state index is 9.28. The van der Waals surface area contributed by atoms with Gasteiger partial charge in [0.15, 0.2) is 5.06 Å². The van der Waals surface area contributed by atoms with Crippen LogP contribution in [0, 0.1) is 0 Å². The molecule has 1 saturated heterocycles. The Labute approximate surface area is 94.2 Å². The highest BCUT2D eigenvalue weighted by Gasteiger charge is 2.52. The van der Waals surface area contributed by atoms with E-state index in [1.807, 2.05) is 33.8 Å². The first-order chi connectivity index (χ1) is 6.82. The first kappa shape index (κ1) is 11.0. The molecule has 1 aromatic heterocycles. The number of hydrogen-bond acceptors (Lipinski definition) is 4. The van der Waals surface area contributed by atoms with E-state index in [1.54, 1.807) is 6.07 Å². The van der Waals surface area contributed by atoms with Gasteiger partial charge in [-0.1, -0.05) is 0 Å². The van der Waals surface area contributed by atoms with Crippen molar-refractivity contribution >= 4 is 23.2 Å². The summed E-state index contributed by atoms with van der Waals surface area (Å²) < 4.78 is 12.6. The molecular weight excluding hydrogens is 211 g/mol. The van der Waals surface area contributed by atoms with Crippen LogP contribution in [0.4, 0.5) is 0 Å². The van der Waals surface area contributed by atoms with E-state index in [2.05, 4.69) is 0 Å². The first-order valence-electron chi connectivity index (χ1n) is 4.96. The second-order valence-corrected chi connectivity index (χ2v) is 5.86. The molecule has 0 bridgehead atoms. The van der Waals surface area contributed by atoms with Crippen molar-refractivity contribution in [2.24, 2.45) is 0 Å². The monoisotopic (exact) mass is 226 g/mol. The van der Waals surface area contributed by atoms with Gasteiger partial charge < -0.3 is 14.4 Å². The molecule has 0 spiro atoms. The van der Waals surface area contributed by atoms with E-state index in [-0.39, 0.29) is 18.3 Å². The number of rotatable bonds is 1. The molecule has 0 aliphatic carbocycles. The fourth-order valence-electron chi connectivity index (χ4n) is 1.43. The van der Waals surface area contributed by atoms with Crippen molar-refractivity contribution in [3.63, 3.8) is 0 Å². The minimum Gasteiger partial charge on any atom is -0.499 e. The van der Waals surface area contributed by atoms with E-state index < -0.39 is 0 Å². The van der Waals surface area contributed by atoms with Gasteiger partial charge in [0.25, 0.3) is 0 Å². The van der Waals surface area contributed by atoms with Crippen LogP contribution in [-0.2, 0) is 9.31 Å². The fraction of sp³-hybridized carbons (Fsp3) is 0.600. The quantitative estimate of drug-likeness (QED) is 0.741. The highest BCUT2D eigenvalue weighted by Crippen LogP contribution is 2.37. The summed E-state index contributed by atoms with van der Waals surface area (Å²) in [6.07, 6.45) is 0. The molecule has 1 N–H and O–H groups in total. The number of hydrogen-bond donors (Lipinski definition) is 1. The summed E-state index contributed by atoms with van der Waals surface area (Å²) in [5.74, 6) is 0. The predicted octanol–water partition coefficient (Wildman–Crippen LogP) is 1.75. The van der Waals surface area contributed by atoms with Crippen molar-refractivity contribution < 1.29 is 14.4 Å². The van der Waals surface area contributed by atoms with Crippen molar-refractivity contribution in [1.82, 2.24) is 0 Å². The van der Waals surface area contributed by atoms with Crippen molar-refractivity contribution in [2.45, 2.75) is 38.9 Å². The topological polar surface area (TPSA) is 38.7 Å². The molecule has 1 fully saturated rings. The molecular formula is C10H15BO3S. The minimum atomic E-state index is -0.360. The molecule has 0 saturated carbocycles. The Morgan fingerprint density at radius 2 is 1.67 bits per heavy atom. The second-order valence-electron chi connectivity index (χ2n) is 4.76.